The van der Waals surface area contributed by atoms with E-state index in [9.17, 15) is 18.8 Å². The van der Waals surface area contributed by atoms with Crippen molar-refractivity contribution in [2.24, 2.45) is 0 Å². The number of imide groups is 1. The number of rotatable bonds is 5. The van der Waals surface area contributed by atoms with Gasteiger partial charge in [0.15, 0.2) is 0 Å². The van der Waals surface area contributed by atoms with Gasteiger partial charge in [0.1, 0.15) is 18.1 Å². The second kappa shape index (κ2) is 8.57. The van der Waals surface area contributed by atoms with Gasteiger partial charge < -0.3 is 10.1 Å². The van der Waals surface area contributed by atoms with Gasteiger partial charge in [-0.2, -0.15) is 0 Å². The van der Waals surface area contributed by atoms with Crippen LogP contribution in [-0.2, 0) is 9.59 Å². The Morgan fingerprint density at radius 3 is 2.64 bits per heavy atom. The molecule has 0 unspecified atom stereocenters. The third kappa shape index (κ3) is 4.60. The van der Waals surface area contributed by atoms with Crippen LogP contribution in [0, 0.1) is 5.82 Å². The molecule has 3 rings (SSSR count). The summed E-state index contributed by atoms with van der Waals surface area (Å²) in [7, 11) is 1.51. The maximum atomic E-state index is 12.9. The molecule has 2 aromatic carbocycles. The summed E-state index contributed by atoms with van der Waals surface area (Å²) in [5.41, 5.74) is 0.992. The minimum Gasteiger partial charge on any atom is -0.496 e. The molecule has 0 spiro atoms. The summed E-state index contributed by atoms with van der Waals surface area (Å²) in [6, 6.07) is 10.5. The number of thioether (sulfide) groups is 1. The topological polar surface area (TPSA) is 75.7 Å². The quantitative estimate of drug-likeness (QED) is 0.668. The number of nitrogens with one attached hydrogen (secondary N) is 1. The Labute approximate surface area is 172 Å². The van der Waals surface area contributed by atoms with Gasteiger partial charge in [-0.05, 0) is 60.3 Å². The molecule has 6 nitrogen and oxygen atoms in total. The van der Waals surface area contributed by atoms with Gasteiger partial charge in [-0.15, -0.1) is 0 Å². The Hall–Kier alpha value is -2.65. The van der Waals surface area contributed by atoms with Gasteiger partial charge in [0.05, 0.1) is 12.0 Å². The Kier molecular flexibility index (Phi) is 6.15. The lowest BCUT2D eigenvalue weighted by Gasteiger charge is -2.12. The second-order valence-corrected chi connectivity index (χ2v) is 7.62. The first-order chi connectivity index (χ1) is 13.4. The van der Waals surface area contributed by atoms with Crippen LogP contribution in [0.4, 0.5) is 14.9 Å². The number of carbonyl (C=O) groups is 3. The van der Waals surface area contributed by atoms with E-state index < -0.39 is 29.4 Å². The molecule has 144 valence electrons. The van der Waals surface area contributed by atoms with Crippen LogP contribution in [0.15, 0.2) is 51.8 Å². The maximum Gasteiger partial charge on any atom is 0.294 e. The first-order valence-corrected chi connectivity index (χ1v) is 9.62. The van der Waals surface area contributed by atoms with Gasteiger partial charge in [-0.25, -0.2) is 4.39 Å². The van der Waals surface area contributed by atoms with Crippen LogP contribution in [0.5, 0.6) is 5.75 Å². The number of halogens is 2. The molecule has 28 heavy (non-hydrogen) atoms. The van der Waals surface area contributed by atoms with E-state index in [0.717, 1.165) is 21.1 Å². The standard InChI is InChI=1S/C19H14BrFN2O4S/c1-27-15-7-2-12(20)8-11(15)9-16-18(25)23(19(26)28-16)10-17(24)22-14-5-3-13(21)4-6-14/h2-9H,10H2,1H3,(H,22,24)/b16-9-. The second-order valence-electron chi connectivity index (χ2n) is 5.71. The van der Waals surface area contributed by atoms with Crippen molar-refractivity contribution in [3.63, 3.8) is 0 Å². The Morgan fingerprint density at radius 1 is 1.25 bits per heavy atom. The fourth-order valence-corrected chi connectivity index (χ4v) is 3.68. The minimum atomic E-state index is -0.564. The van der Waals surface area contributed by atoms with Gasteiger partial charge in [0.2, 0.25) is 5.91 Å². The van der Waals surface area contributed by atoms with Crippen molar-refractivity contribution in [2.45, 2.75) is 0 Å². The normalized spacial score (nSPS) is 15.2. The van der Waals surface area contributed by atoms with Gasteiger partial charge in [-0.1, -0.05) is 15.9 Å². The molecule has 0 aromatic heterocycles. The van der Waals surface area contributed by atoms with Crippen molar-refractivity contribution >= 4 is 56.5 Å². The highest BCUT2D eigenvalue weighted by Crippen LogP contribution is 2.34. The lowest BCUT2D eigenvalue weighted by molar-refractivity contribution is -0.127. The molecule has 0 atom stereocenters. The van der Waals surface area contributed by atoms with Crippen LogP contribution < -0.4 is 10.1 Å². The molecule has 1 aliphatic heterocycles. The molecule has 1 heterocycles. The number of hydrogen-bond acceptors (Lipinski definition) is 5. The van der Waals surface area contributed by atoms with Crippen molar-refractivity contribution in [1.29, 1.82) is 0 Å². The molecule has 0 radical (unpaired) electrons. The highest BCUT2D eigenvalue weighted by Gasteiger charge is 2.36. The third-order valence-electron chi connectivity index (χ3n) is 3.78. The molecule has 1 fully saturated rings. The highest BCUT2D eigenvalue weighted by atomic mass is 79.9. The van der Waals surface area contributed by atoms with E-state index in [-0.39, 0.29) is 4.91 Å². The molecule has 2 aromatic rings. The third-order valence-corrected chi connectivity index (χ3v) is 5.18. The summed E-state index contributed by atoms with van der Waals surface area (Å²) in [5.74, 6) is -1.01. The zero-order chi connectivity index (χ0) is 20.3. The molecule has 0 aliphatic carbocycles. The Balaban J connectivity index is 1.74. The molecule has 9 heteroatoms. The van der Waals surface area contributed by atoms with E-state index in [1.807, 2.05) is 0 Å². The number of amides is 3. The van der Waals surface area contributed by atoms with Crippen LogP contribution >= 0.6 is 27.7 Å². The number of nitrogens with zero attached hydrogens (tertiary/aromatic N) is 1. The minimum absolute atomic E-state index is 0.191. The Bertz CT molecular complexity index is 978. The summed E-state index contributed by atoms with van der Waals surface area (Å²) < 4.78 is 19.0. The zero-order valence-electron chi connectivity index (χ0n) is 14.6. The maximum absolute atomic E-state index is 12.9. The molecular formula is C19H14BrFN2O4S. The average Bonchev–Trinajstić information content (AvgIpc) is 2.91. The number of hydrogen-bond donors (Lipinski definition) is 1. The first kappa shape index (κ1) is 20.1. The Morgan fingerprint density at radius 2 is 1.96 bits per heavy atom. The summed E-state index contributed by atoms with van der Waals surface area (Å²) in [5, 5.41) is 1.98. The van der Waals surface area contributed by atoms with E-state index in [1.54, 1.807) is 24.3 Å². The number of carbonyl (C=O) groups excluding carboxylic acids is 3. The number of methoxy groups -OCH3 is 1. The monoisotopic (exact) mass is 464 g/mol. The summed E-state index contributed by atoms with van der Waals surface area (Å²) in [6.45, 7) is -0.436. The fourth-order valence-electron chi connectivity index (χ4n) is 2.47. The van der Waals surface area contributed by atoms with Crippen molar-refractivity contribution in [2.75, 3.05) is 19.0 Å². The largest absolute Gasteiger partial charge is 0.496 e. The highest BCUT2D eigenvalue weighted by molar-refractivity contribution is 9.10. The van der Waals surface area contributed by atoms with Crippen LogP contribution in [0.3, 0.4) is 0 Å². The van der Waals surface area contributed by atoms with Crippen LogP contribution in [0.1, 0.15) is 5.56 Å². The lowest BCUT2D eigenvalue weighted by atomic mass is 10.2. The van der Waals surface area contributed by atoms with E-state index >= 15 is 0 Å². The van der Waals surface area contributed by atoms with Crippen LogP contribution in [-0.4, -0.2) is 35.6 Å². The van der Waals surface area contributed by atoms with E-state index in [2.05, 4.69) is 21.2 Å². The summed E-state index contributed by atoms with van der Waals surface area (Å²) in [4.78, 5) is 38.0. The molecule has 1 aliphatic rings. The van der Waals surface area contributed by atoms with Crippen molar-refractivity contribution in [3.05, 3.63) is 63.2 Å². The number of ether oxygens (including phenoxy) is 1. The number of benzene rings is 2. The summed E-state index contributed by atoms with van der Waals surface area (Å²) in [6.07, 6.45) is 1.55. The van der Waals surface area contributed by atoms with Crippen LogP contribution in [0.25, 0.3) is 6.08 Å². The smallest absolute Gasteiger partial charge is 0.294 e. The van der Waals surface area contributed by atoms with Crippen molar-refractivity contribution < 1.29 is 23.5 Å². The summed E-state index contributed by atoms with van der Waals surface area (Å²) >= 11 is 4.10. The van der Waals surface area contributed by atoms with Crippen LogP contribution in [0.2, 0.25) is 0 Å². The predicted molar refractivity (Wildman–Crippen MR) is 108 cm³/mol. The average molecular weight is 465 g/mol. The molecule has 0 saturated carbocycles. The van der Waals surface area contributed by atoms with Gasteiger partial charge in [-0.3, -0.25) is 19.3 Å². The van der Waals surface area contributed by atoms with Crippen molar-refractivity contribution in [3.8, 4) is 5.75 Å². The van der Waals surface area contributed by atoms with Gasteiger partial charge in [0.25, 0.3) is 11.1 Å². The molecule has 1 saturated heterocycles. The molecule has 3 amide bonds. The zero-order valence-corrected chi connectivity index (χ0v) is 17.0. The molecule has 1 N–H and O–H groups in total. The number of anilines is 1. The van der Waals surface area contributed by atoms with Gasteiger partial charge >= 0.3 is 0 Å². The molecular weight excluding hydrogens is 451 g/mol. The van der Waals surface area contributed by atoms with E-state index in [1.165, 1.54) is 31.4 Å². The lowest BCUT2D eigenvalue weighted by Crippen LogP contribution is -2.36. The fraction of sp³-hybridized carbons (Fsp3) is 0.105. The van der Waals surface area contributed by atoms with Gasteiger partial charge in [0, 0.05) is 15.7 Å². The first-order valence-electron chi connectivity index (χ1n) is 8.01. The van der Waals surface area contributed by atoms with Crippen molar-refractivity contribution in [1.82, 2.24) is 4.90 Å². The van der Waals surface area contributed by atoms with E-state index in [4.69, 9.17) is 4.74 Å². The molecule has 0 bridgehead atoms. The predicted octanol–water partition coefficient (Wildman–Crippen LogP) is 4.27. The van der Waals surface area contributed by atoms with E-state index in [0.29, 0.717) is 17.0 Å². The SMILES string of the molecule is COc1ccc(Br)cc1/C=C1\SC(=O)N(CC(=O)Nc2ccc(F)cc2)C1=O.